The zero-order valence-corrected chi connectivity index (χ0v) is 9.66. The highest BCUT2D eigenvalue weighted by atomic mass is 16.4. The fraction of sp³-hybridized carbons (Fsp3) is 0.917. The summed E-state index contributed by atoms with van der Waals surface area (Å²) in [5, 5.41) is 19.1. The Labute approximate surface area is 90.5 Å². The summed E-state index contributed by atoms with van der Waals surface area (Å²) in [5.41, 5.74) is -0.00961. The van der Waals surface area contributed by atoms with Crippen molar-refractivity contribution < 1.29 is 15.0 Å². The van der Waals surface area contributed by atoms with Crippen LogP contribution < -0.4 is 0 Å². The van der Waals surface area contributed by atoms with Gasteiger partial charge in [-0.1, -0.05) is 20.8 Å². The standard InChI is InChI=1S/C12H20O3/c1-11(2)8-4-5-12(11,3)10(15)7(8)6-9(13)14/h7-8,10,15H,4-6H2,1-3H3,(H,13,14)/t7-,8-,10+,12-/m1/s1. The Kier molecular flexibility index (Phi) is 2.16. The summed E-state index contributed by atoms with van der Waals surface area (Å²) < 4.78 is 0. The average Bonchev–Trinajstić information content (AvgIpc) is 2.40. The molecule has 0 aromatic rings. The number of carbonyl (C=O) groups is 1. The molecule has 2 bridgehead atoms. The Morgan fingerprint density at radius 2 is 2.00 bits per heavy atom. The summed E-state index contributed by atoms with van der Waals surface area (Å²) in [5.74, 6) is -0.462. The summed E-state index contributed by atoms with van der Waals surface area (Å²) in [6.45, 7) is 6.46. The Morgan fingerprint density at radius 3 is 2.40 bits per heavy atom. The monoisotopic (exact) mass is 212 g/mol. The predicted octanol–water partition coefficient (Wildman–Crippen LogP) is 1.89. The second kappa shape index (κ2) is 2.97. The van der Waals surface area contributed by atoms with Crippen LogP contribution in [0.3, 0.4) is 0 Å². The van der Waals surface area contributed by atoms with Gasteiger partial charge >= 0.3 is 5.97 Å². The Bertz CT molecular complexity index is 297. The van der Waals surface area contributed by atoms with E-state index in [1.165, 1.54) is 0 Å². The van der Waals surface area contributed by atoms with Gasteiger partial charge in [-0.05, 0) is 35.5 Å². The van der Waals surface area contributed by atoms with Gasteiger partial charge in [-0.25, -0.2) is 0 Å². The van der Waals surface area contributed by atoms with E-state index in [9.17, 15) is 9.90 Å². The number of aliphatic carboxylic acids is 1. The lowest BCUT2D eigenvalue weighted by Gasteiger charge is -2.37. The molecule has 2 saturated carbocycles. The zero-order chi connectivity index (χ0) is 11.4. The van der Waals surface area contributed by atoms with Crippen molar-refractivity contribution in [1.82, 2.24) is 0 Å². The van der Waals surface area contributed by atoms with Gasteiger partial charge in [0.1, 0.15) is 0 Å². The van der Waals surface area contributed by atoms with Crippen LogP contribution in [0.25, 0.3) is 0 Å². The molecule has 0 saturated heterocycles. The van der Waals surface area contributed by atoms with E-state index in [1.54, 1.807) is 0 Å². The van der Waals surface area contributed by atoms with Gasteiger partial charge in [0.25, 0.3) is 0 Å². The first-order valence-corrected chi connectivity index (χ1v) is 5.70. The van der Waals surface area contributed by atoms with E-state index in [0.29, 0.717) is 5.92 Å². The first kappa shape index (κ1) is 10.9. The smallest absolute Gasteiger partial charge is 0.303 e. The van der Waals surface area contributed by atoms with Crippen LogP contribution in [0.2, 0.25) is 0 Å². The van der Waals surface area contributed by atoms with Crippen LogP contribution in [0.4, 0.5) is 0 Å². The average molecular weight is 212 g/mol. The molecule has 2 N–H and O–H groups in total. The number of rotatable bonds is 2. The first-order chi connectivity index (χ1) is 6.80. The number of aliphatic hydroxyl groups excluding tert-OH is 1. The molecule has 3 heteroatoms. The third-order valence-corrected chi connectivity index (χ3v) is 5.36. The molecule has 0 aromatic carbocycles. The molecule has 0 heterocycles. The maximum atomic E-state index is 10.8. The summed E-state index contributed by atoms with van der Waals surface area (Å²) in [6.07, 6.45) is 1.77. The third-order valence-electron chi connectivity index (χ3n) is 5.36. The van der Waals surface area contributed by atoms with Crippen molar-refractivity contribution in [2.45, 2.75) is 46.1 Å². The van der Waals surface area contributed by atoms with E-state index in [0.717, 1.165) is 12.8 Å². The lowest BCUT2D eigenvalue weighted by Crippen LogP contribution is -2.38. The number of fused-ring (bicyclic) bond motifs is 2. The van der Waals surface area contributed by atoms with E-state index in [-0.39, 0.29) is 23.2 Å². The van der Waals surface area contributed by atoms with Gasteiger partial charge in [-0.15, -0.1) is 0 Å². The predicted molar refractivity (Wildman–Crippen MR) is 56.4 cm³/mol. The molecule has 2 aliphatic carbocycles. The van der Waals surface area contributed by atoms with Crippen molar-refractivity contribution in [3.05, 3.63) is 0 Å². The van der Waals surface area contributed by atoms with Gasteiger partial charge in [0.2, 0.25) is 0 Å². The van der Waals surface area contributed by atoms with Crippen LogP contribution in [-0.4, -0.2) is 22.3 Å². The molecule has 2 rings (SSSR count). The molecule has 15 heavy (non-hydrogen) atoms. The lowest BCUT2D eigenvalue weighted by molar-refractivity contribution is -0.140. The minimum Gasteiger partial charge on any atom is -0.481 e. The van der Waals surface area contributed by atoms with Gasteiger partial charge in [0.15, 0.2) is 0 Å². The van der Waals surface area contributed by atoms with Crippen molar-refractivity contribution >= 4 is 5.97 Å². The fourth-order valence-electron chi connectivity index (χ4n) is 3.99. The quantitative estimate of drug-likeness (QED) is 0.735. The van der Waals surface area contributed by atoms with E-state index >= 15 is 0 Å². The molecule has 2 fully saturated rings. The van der Waals surface area contributed by atoms with Crippen molar-refractivity contribution in [3.63, 3.8) is 0 Å². The molecule has 2 aliphatic rings. The maximum absolute atomic E-state index is 10.8. The minimum atomic E-state index is -0.786. The van der Waals surface area contributed by atoms with Crippen molar-refractivity contribution in [2.75, 3.05) is 0 Å². The molecular weight excluding hydrogens is 192 g/mol. The van der Waals surface area contributed by atoms with E-state index in [2.05, 4.69) is 20.8 Å². The van der Waals surface area contributed by atoms with Crippen LogP contribution in [-0.2, 0) is 4.79 Å². The number of hydrogen-bond acceptors (Lipinski definition) is 2. The van der Waals surface area contributed by atoms with Crippen LogP contribution >= 0.6 is 0 Å². The number of hydrogen-bond donors (Lipinski definition) is 2. The van der Waals surface area contributed by atoms with E-state index in [1.807, 2.05) is 0 Å². The van der Waals surface area contributed by atoms with Crippen molar-refractivity contribution in [1.29, 1.82) is 0 Å². The van der Waals surface area contributed by atoms with Gasteiger partial charge in [0.05, 0.1) is 12.5 Å². The minimum absolute atomic E-state index is 0.0451. The zero-order valence-electron chi connectivity index (χ0n) is 9.66. The van der Waals surface area contributed by atoms with E-state index in [4.69, 9.17) is 5.11 Å². The largest absolute Gasteiger partial charge is 0.481 e. The van der Waals surface area contributed by atoms with Gasteiger partial charge in [-0.3, -0.25) is 4.79 Å². The summed E-state index contributed by atoms with van der Waals surface area (Å²) >= 11 is 0. The number of carboxylic acid groups (broad SMARTS) is 1. The Hall–Kier alpha value is -0.570. The van der Waals surface area contributed by atoms with Crippen LogP contribution in [0, 0.1) is 22.7 Å². The second-order valence-corrected chi connectivity index (χ2v) is 5.99. The Morgan fingerprint density at radius 1 is 1.40 bits per heavy atom. The van der Waals surface area contributed by atoms with E-state index < -0.39 is 12.1 Å². The normalized spacial score (nSPS) is 47.1. The van der Waals surface area contributed by atoms with Crippen molar-refractivity contribution in [2.24, 2.45) is 22.7 Å². The third kappa shape index (κ3) is 1.19. The molecule has 4 atom stereocenters. The summed E-state index contributed by atoms with van der Waals surface area (Å²) in [6, 6.07) is 0. The van der Waals surface area contributed by atoms with Gasteiger partial charge in [0, 0.05) is 0 Å². The second-order valence-electron chi connectivity index (χ2n) is 5.99. The van der Waals surface area contributed by atoms with Gasteiger partial charge in [-0.2, -0.15) is 0 Å². The molecule has 0 unspecified atom stereocenters. The molecular formula is C12H20O3. The molecule has 0 aliphatic heterocycles. The first-order valence-electron chi connectivity index (χ1n) is 5.70. The number of aliphatic hydroxyl groups is 1. The molecule has 0 radical (unpaired) electrons. The molecule has 0 spiro atoms. The molecule has 0 amide bonds. The highest BCUT2D eigenvalue weighted by Gasteiger charge is 2.65. The SMILES string of the molecule is CC1(C)[C@@H]2CC[C@]1(C)[C@@H](O)[C@@H]2CC(=O)O. The molecule has 0 aromatic heterocycles. The Balaban J connectivity index is 2.29. The number of carboxylic acids is 1. The summed E-state index contributed by atoms with van der Waals surface area (Å²) in [7, 11) is 0. The summed E-state index contributed by atoms with van der Waals surface area (Å²) in [4.78, 5) is 10.8. The van der Waals surface area contributed by atoms with Crippen molar-refractivity contribution in [3.8, 4) is 0 Å². The maximum Gasteiger partial charge on any atom is 0.303 e. The molecule has 3 nitrogen and oxygen atoms in total. The van der Waals surface area contributed by atoms with Gasteiger partial charge < -0.3 is 10.2 Å². The van der Waals surface area contributed by atoms with Crippen LogP contribution in [0.5, 0.6) is 0 Å². The van der Waals surface area contributed by atoms with Crippen LogP contribution in [0.1, 0.15) is 40.0 Å². The topological polar surface area (TPSA) is 57.5 Å². The van der Waals surface area contributed by atoms with Crippen LogP contribution in [0.15, 0.2) is 0 Å². The highest BCUT2D eigenvalue weighted by molar-refractivity contribution is 5.67. The fourth-order valence-corrected chi connectivity index (χ4v) is 3.99. The molecule has 86 valence electrons. The highest BCUT2D eigenvalue weighted by Crippen LogP contribution is 2.68. The lowest BCUT2D eigenvalue weighted by atomic mass is 9.70.